The first-order chi connectivity index (χ1) is 8.25. The Labute approximate surface area is 106 Å². The van der Waals surface area contributed by atoms with Crippen molar-refractivity contribution in [3.63, 3.8) is 0 Å². The molecule has 2 aromatic rings. The molecule has 2 aromatic heterocycles. The summed E-state index contributed by atoms with van der Waals surface area (Å²) in [5.41, 5.74) is 0.515. The number of nitrogens with one attached hydrogen (secondary N) is 1. The Balaban J connectivity index is 1.83. The lowest BCUT2D eigenvalue weighted by molar-refractivity contribution is 0.0953. The van der Waals surface area contributed by atoms with Crippen molar-refractivity contribution in [3.8, 4) is 0 Å². The number of hydrogen-bond acceptors (Lipinski definition) is 5. The molecule has 1 amide bonds. The van der Waals surface area contributed by atoms with Gasteiger partial charge in [-0.1, -0.05) is 5.16 Å². The molecule has 0 saturated heterocycles. The number of amides is 1. The van der Waals surface area contributed by atoms with E-state index in [4.69, 9.17) is 0 Å². The third kappa shape index (κ3) is 3.35. The molecule has 0 bridgehead atoms. The Kier molecular flexibility index (Phi) is 3.81. The van der Waals surface area contributed by atoms with Crippen LogP contribution in [0, 0.1) is 0 Å². The van der Waals surface area contributed by atoms with Crippen LogP contribution >= 0.6 is 15.9 Å². The molecule has 7 heteroatoms. The monoisotopic (exact) mass is 296 g/mol. The van der Waals surface area contributed by atoms with E-state index >= 15 is 0 Å². The van der Waals surface area contributed by atoms with Gasteiger partial charge >= 0.3 is 0 Å². The smallest absolute Gasteiger partial charge is 0.252 e. The second-order valence-electron chi connectivity index (χ2n) is 3.22. The van der Waals surface area contributed by atoms with Gasteiger partial charge in [0, 0.05) is 19.2 Å². The van der Waals surface area contributed by atoms with Crippen LogP contribution in [0.1, 0.15) is 16.2 Å². The number of aromatic nitrogens is 3. The summed E-state index contributed by atoms with van der Waals surface area (Å²) < 4.78 is 5.28. The van der Waals surface area contributed by atoms with E-state index in [1.807, 2.05) is 0 Å². The van der Waals surface area contributed by atoms with Gasteiger partial charge in [-0.15, -0.1) is 0 Å². The van der Waals surface area contributed by atoms with Crippen molar-refractivity contribution in [1.29, 1.82) is 0 Å². The predicted molar refractivity (Wildman–Crippen MR) is 62.3 cm³/mol. The van der Waals surface area contributed by atoms with E-state index in [-0.39, 0.29) is 5.91 Å². The van der Waals surface area contributed by atoms with E-state index < -0.39 is 0 Å². The first-order valence-electron chi connectivity index (χ1n) is 4.91. The second-order valence-corrected chi connectivity index (χ2v) is 4.04. The van der Waals surface area contributed by atoms with Crippen molar-refractivity contribution in [2.45, 2.75) is 6.42 Å². The molecule has 0 unspecified atom stereocenters. The van der Waals surface area contributed by atoms with Gasteiger partial charge in [0.2, 0.25) is 6.39 Å². The quantitative estimate of drug-likeness (QED) is 0.858. The molecule has 0 aliphatic rings. The fraction of sp³-hybridized carbons (Fsp3) is 0.200. The third-order valence-electron chi connectivity index (χ3n) is 2.03. The normalized spacial score (nSPS) is 10.2. The molecule has 17 heavy (non-hydrogen) atoms. The van der Waals surface area contributed by atoms with Crippen LogP contribution < -0.4 is 5.32 Å². The van der Waals surface area contributed by atoms with Gasteiger partial charge in [-0.2, -0.15) is 4.98 Å². The molecular formula is C10H9BrN4O2. The number of nitrogens with zero attached hydrogens (tertiary/aromatic N) is 3. The number of carbonyl (C=O) groups excluding carboxylic acids is 1. The zero-order chi connectivity index (χ0) is 12.1. The number of halogens is 1. The summed E-state index contributed by atoms with van der Waals surface area (Å²) >= 11 is 3.20. The molecule has 0 aliphatic heterocycles. The molecule has 0 saturated carbocycles. The van der Waals surface area contributed by atoms with Crippen LogP contribution in [0.3, 0.4) is 0 Å². The fourth-order valence-electron chi connectivity index (χ4n) is 1.20. The van der Waals surface area contributed by atoms with Gasteiger partial charge in [0.05, 0.1) is 5.56 Å². The summed E-state index contributed by atoms with van der Waals surface area (Å²) in [6.45, 7) is 0.453. The number of pyridine rings is 1. The van der Waals surface area contributed by atoms with Crippen molar-refractivity contribution >= 4 is 21.8 Å². The molecule has 2 heterocycles. The van der Waals surface area contributed by atoms with Crippen LogP contribution in [-0.4, -0.2) is 27.6 Å². The van der Waals surface area contributed by atoms with Crippen LogP contribution in [0.2, 0.25) is 0 Å². The van der Waals surface area contributed by atoms with Crippen molar-refractivity contribution in [2.75, 3.05) is 6.54 Å². The summed E-state index contributed by atoms with van der Waals surface area (Å²) in [6.07, 6.45) is 3.30. The third-order valence-corrected chi connectivity index (χ3v) is 2.50. The van der Waals surface area contributed by atoms with E-state index in [2.05, 4.69) is 40.9 Å². The van der Waals surface area contributed by atoms with Gasteiger partial charge in [-0.25, -0.2) is 4.98 Å². The van der Waals surface area contributed by atoms with Crippen molar-refractivity contribution in [3.05, 3.63) is 40.7 Å². The maximum absolute atomic E-state index is 11.7. The predicted octanol–water partition coefficient (Wildman–Crippen LogP) is 1.20. The van der Waals surface area contributed by atoms with Crippen LogP contribution in [0.25, 0.3) is 0 Å². The minimum atomic E-state index is -0.173. The lowest BCUT2D eigenvalue weighted by Crippen LogP contribution is -2.26. The van der Waals surface area contributed by atoms with Gasteiger partial charge < -0.3 is 9.84 Å². The van der Waals surface area contributed by atoms with Gasteiger partial charge in [0.1, 0.15) is 4.60 Å². The highest BCUT2D eigenvalue weighted by molar-refractivity contribution is 9.10. The van der Waals surface area contributed by atoms with E-state index in [0.29, 0.717) is 29.0 Å². The highest BCUT2D eigenvalue weighted by atomic mass is 79.9. The van der Waals surface area contributed by atoms with Crippen LogP contribution in [0.15, 0.2) is 33.8 Å². The van der Waals surface area contributed by atoms with E-state index in [1.165, 1.54) is 12.6 Å². The summed E-state index contributed by atoms with van der Waals surface area (Å²) in [5, 5.41) is 6.38. The first kappa shape index (κ1) is 11.7. The Morgan fingerprint density at radius 2 is 2.29 bits per heavy atom. The van der Waals surface area contributed by atoms with Gasteiger partial charge in [-0.05, 0) is 28.1 Å². The average molecular weight is 297 g/mol. The molecule has 6 nitrogen and oxygen atoms in total. The van der Waals surface area contributed by atoms with Crippen LogP contribution in [0.5, 0.6) is 0 Å². The van der Waals surface area contributed by atoms with Gasteiger partial charge in [0.15, 0.2) is 5.82 Å². The molecule has 0 aliphatic carbocycles. The average Bonchev–Trinajstić information content (AvgIpc) is 2.83. The van der Waals surface area contributed by atoms with Crippen molar-refractivity contribution in [2.24, 2.45) is 0 Å². The highest BCUT2D eigenvalue weighted by Crippen LogP contribution is 2.05. The Bertz CT molecular complexity index is 484. The Morgan fingerprint density at radius 1 is 1.41 bits per heavy atom. The minimum Gasteiger partial charge on any atom is -0.352 e. The van der Waals surface area contributed by atoms with E-state index in [9.17, 15) is 4.79 Å². The fourth-order valence-corrected chi connectivity index (χ4v) is 1.44. The molecule has 2 rings (SSSR count). The summed E-state index contributed by atoms with van der Waals surface area (Å²) in [6, 6.07) is 3.41. The summed E-state index contributed by atoms with van der Waals surface area (Å²) in [7, 11) is 0. The molecule has 0 spiro atoms. The number of rotatable bonds is 4. The van der Waals surface area contributed by atoms with Gasteiger partial charge in [0.25, 0.3) is 5.91 Å². The largest absolute Gasteiger partial charge is 0.352 e. The first-order valence-corrected chi connectivity index (χ1v) is 5.70. The minimum absolute atomic E-state index is 0.173. The van der Waals surface area contributed by atoms with Crippen LogP contribution in [0.4, 0.5) is 0 Å². The van der Waals surface area contributed by atoms with Crippen molar-refractivity contribution < 1.29 is 9.32 Å². The Morgan fingerprint density at radius 3 is 2.94 bits per heavy atom. The molecule has 1 N–H and O–H groups in total. The molecular weight excluding hydrogens is 288 g/mol. The zero-order valence-electron chi connectivity index (χ0n) is 8.76. The summed E-state index contributed by atoms with van der Waals surface area (Å²) in [4.78, 5) is 19.5. The lowest BCUT2D eigenvalue weighted by atomic mass is 10.2. The van der Waals surface area contributed by atoms with E-state index in [0.717, 1.165) is 0 Å². The maximum atomic E-state index is 11.7. The lowest BCUT2D eigenvalue weighted by Gasteiger charge is -2.02. The molecule has 0 fully saturated rings. The zero-order valence-corrected chi connectivity index (χ0v) is 10.3. The maximum Gasteiger partial charge on any atom is 0.252 e. The summed E-state index contributed by atoms with van der Waals surface area (Å²) in [5.74, 6) is 0.396. The number of carbonyl (C=O) groups is 1. The number of hydrogen-bond donors (Lipinski definition) is 1. The van der Waals surface area contributed by atoms with Crippen molar-refractivity contribution in [1.82, 2.24) is 20.4 Å². The highest BCUT2D eigenvalue weighted by Gasteiger charge is 2.06. The second kappa shape index (κ2) is 5.53. The standard InChI is InChI=1S/C10H9BrN4O2/c11-8-2-1-7(5-13-8)10(16)12-4-3-9-14-6-17-15-9/h1-2,5-6H,3-4H2,(H,12,16). The topological polar surface area (TPSA) is 80.9 Å². The van der Waals surface area contributed by atoms with Gasteiger partial charge in [-0.3, -0.25) is 4.79 Å². The molecule has 0 radical (unpaired) electrons. The van der Waals surface area contributed by atoms with Crippen LogP contribution in [-0.2, 0) is 6.42 Å². The SMILES string of the molecule is O=C(NCCc1ncon1)c1ccc(Br)nc1. The Hall–Kier alpha value is -1.76. The molecule has 0 aromatic carbocycles. The molecule has 88 valence electrons. The molecule has 0 atom stereocenters. The van der Waals surface area contributed by atoms with E-state index in [1.54, 1.807) is 12.1 Å².